The molecule has 0 saturated heterocycles. The van der Waals surface area contributed by atoms with Crippen LogP contribution in [-0.2, 0) is 6.42 Å². The van der Waals surface area contributed by atoms with Gasteiger partial charge < -0.3 is 10.6 Å². The number of nitrogens with zero attached hydrogens (tertiary/aromatic N) is 1. The summed E-state index contributed by atoms with van der Waals surface area (Å²) in [5, 5.41) is 0. The van der Waals surface area contributed by atoms with Crippen LogP contribution in [0, 0.1) is 5.92 Å². The van der Waals surface area contributed by atoms with Crippen molar-refractivity contribution in [2.24, 2.45) is 5.92 Å². The Hall–Kier alpha value is -1.18. The molecule has 1 fully saturated rings. The number of benzene rings is 1. The third-order valence-corrected chi connectivity index (χ3v) is 4.49. The smallest absolute Gasteiger partial charge is 0.0635 e. The molecule has 1 saturated carbocycles. The molecule has 0 aromatic heterocycles. The van der Waals surface area contributed by atoms with Crippen LogP contribution >= 0.6 is 0 Å². The van der Waals surface area contributed by atoms with Crippen LogP contribution in [0.4, 0.5) is 11.4 Å². The molecule has 92 valence electrons. The van der Waals surface area contributed by atoms with Crippen LogP contribution in [0.3, 0.4) is 0 Å². The molecule has 0 spiro atoms. The normalized spacial score (nSPS) is 28.2. The van der Waals surface area contributed by atoms with Crippen LogP contribution in [0.5, 0.6) is 0 Å². The molecule has 2 heteroatoms. The minimum Gasteiger partial charge on any atom is -0.397 e. The Kier molecular flexibility index (Phi) is 2.73. The fourth-order valence-corrected chi connectivity index (χ4v) is 3.44. The summed E-state index contributed by atoms with van der Waals surface area (Å²) < 4.78 is 0. The van der Waals surface area contributed by atoms with Gasteiger partial charge in [0.1, 0.15) is 0 Å². The molecule has 1 aromatic carbocycles. The van der Waals surface area contributed by atoms with E-state index in [-0.39, 0.29) is 0 Å². The predicted molar refractivity (Wildman–Crippen MR) is 73.3 cm³/mol. The topological polar surface area (TPSA) is 29.3 Å². The van der Waals surface area contributed by atoms with Crippen molar-refractivity contribution in [1.82, 2.24) is 0 Å². The van der Waals surface area contributed by atoms with E-state index >= 15 is 0 Å². The van der Waals surface area contributed by atoms with E-state index in [0.29, 0.717) is 0 Å². The summed E-state index contributed by atoms with van der Waals surface area (Å²) >= 11 is 0. The molecule has 0 unspecified atom stereocenters. The molecular formula is C15H22N2. The first-order chi connectivity index (χ1) is 8.25. The number of nitrogen functional groups attached to an aromatic ring is 1. The quantitative estimate of drug-likeness (QED) is 0.751. The summed E-state index contributed by atoms with van der Waals surface area (Å²) in [4.78, 5) is 2.58. The molecule has 1 aliphatic carbocycles. The van der Waals surface area contributed by atoms with E-state index in [4.69, 9.17) is 5.73 Å². The lowest BCUT2D eigenvalue weighted by molar-refractivity contribution is 0.337. The third-order valence-electron chi connectivity index (χ3n) is 4.49. The van der Waals surface area contributed by atoms with Crippen molar-refractivity contribution < 1.29 is 0 Å². The average Bonchev–Trinajstić information content (AvgIpc) is 2.75. The Morgan fingerprint density at radius 2 is 1.94 bits per heavy atom. The van der Waals surface area contributed by atoms with Gasteiger partial charge in [-0.05, 0) is 49.7 Å². The fraction of sp³-hybridized carbons (Fsp3) is 0.600. The van der Waals surface area contributed by atoms with E-state index in [1.165, 1.54) is 49.9 Å². The highest BCUT2D eigenvalue weighted by atomic mass is 15.2. The maximum atomic E-state index is 6.15. The Bertz CT molecular complexity index is 405. The molecule has 2 N–H and O–H groups in total. The highest BCUT2D eigenvalue weighted by Crippen LogP contribution is 2.38. The van der Waals surface area contributed by atoms with Crippen LogP contribution in [0.15, 0.2) is 18.2 Å². The third kappa shape index (κ3) is 1.90. The SMILES string of the molecule is CC1CCC(N2CCc3cccc(N)c32)CC1. The summed E-state index contributed by atoms with van der Waals surface area (Å²) in [6, 6.07) is 7.09. The lowest BCUT2D eigenvalue weighted by Crippen LogP contribution is -2.37. The first-order valence-electron chi connectivity index (χ1n) is 6.89. The number of para-hydroxylation sites is 1. The van der Waals surface area contributed by atoms with Crippen LogP contribution in [0.2, 0.25) is 0 Å². The molecule has 17 heavy (non-hydrogen) atoms. The standard InChI is InChI=1S/C15H22N2/c1-11-5-7-13(8-6-11)17-10-9-12-3-2-4-14(16)15(12)17/h2-4,11,13H,5-10,16H2,1H3. The molecule has 3 rings (SSSR count). The minimum absolute atomic E-state index is 0.733. The Balaban J connectivity index is 1.83. The van der Waals surface area contributed by atoms with E-state index in [1.807, 2.05) is 6.07 Å². The molecule has 1 aliphatic heterocycles. The molecule has 0 radical (unpaired) electrons. The lowest BCUT2D eigenvalue weighted by atomic mass is 9.86. The molecule has 2 nitrogen and oxygen atoms in total. The van der Waals surface area contributed by atoms with Gasteiger partial charge in [0.05, 0.1) is 11.4 Å². The van der Waals surface area contributed by atoms with Gasteiger partial charge in [-0.1, -0.05) is 19.1 Å². The summed E-state index contributed by atoms with van der Waals surface area (Å²) in [5.74, 6) is 0.918. The number of hydrogen-bond donors (Lipinski definition) is 1. The summed E-state index contributed by atoms with van der Waals surface area (Å²) in [6.07, 6.45) is 6.61. The Morgan fingerprint density at radius 3 is 2.71 bits per heavy atom. The van der Waals surface area contributed by atoms with Crippen molar-refractivity contribution in [1.29, 1.82) is 0 Å². The van der Waals surface area contributed by atoms with Crippen LogP contribution < -0.4 is 10.6 Å². The molecule has 0 bridgehead atoms. The zero-order valence-corrected chi connectivity index (χ0v) is 10.7. The molecule has 0 amide bonds. The van der Waals surface area contributed by atoms with Gasteiger partial charge in [-0.2, -0.15) is 0 Å². The van der Waals surface area contributed by atoms with E-state index in [0.717, 1.165) is 17.6 Å². The van der Waals surface area contributed by atoms with Crippen molar-refractivity contribution in [2.75, 3.05) is 17.2 Å². The van der Waals surface area contributed by atoms with E-state index < -0.39 is 0 Å². The van der Waals surface area contributed by atoms with Crippen molar-refractivity contribution in [3.8, 4) is 0 Å². The fourth-order valence-electron chi connectivity index (χ4n) is 3.44. The Morgan fingerprint density at radius 1 is 1.18 bits per heavy atom. The van der Waals surface area contributed by atoms with E-state index in [2.05, 4.69) is 24.0 Å². The molecule has 2 aliphatic rings. The van der Waals surface area contributed by atoms with Gasteiger partial charge in [-0.3, -0.25) is 0 Å². The molecular weight excluding hydrogens is 208 g/mol. The zero-order chi connectivity index (χ0) is 11.8. The lowest BCUT2D eigenvalue weighted by Gasteiger charge is -2.35. The number of fused-ring (bicyclic) bond motifs is 1. The van der Waals surface area contributed by atoms with Crippen molar-refractivity contribution in [3.63, 3.8) is 0 Å². The van der Waals surface area contributed by atoms with Crippen LogP contribution in [-0.4, -0.2) is 12.6 Å². The number of rotatable bonds is 1. The minimum atomic E-state index is 0.733. The first kappa shape index (κ1) is 10.9. The van der Waals surface area contributed by atoms with Gasteiger partial charge in [0.25, 0.3) is 0 Å². The van der Waals surface area contributed by atoms with Crippen molar-refractivity contribution >= 4 is 11.4 Å². The molecule has 1 heterocycles. The van der Waals surface area contributed by atoms with Gasteiger partial charge >= 0.3 is 0 Å². The maximum Gasteiger partial charge on any atom is 0.0635 e. The van der Waals surface area contributed by atoms with Gasteiger partial charge in [0.2, 0.25) is 0 Å². The van der Waals surface area contributed by atoms with Gasteiger partial charge in [0.15, 0.2) is 0 Å². The summed E-state index contributed by atoms with van der Waals surface area (Å²) in [5.41, 5.74) is 9.91. The van der Waals surface area contributed by atoms with E-state index in [9.17, 15) is 0 Å². The highest BCUT2D eigenvalue weighted by Gasteiger charge is 2.29. The van der Waals surface area contributed by atoms with Crippen molar-refractivity contribution in [2.45, 2.75) is 45.1 Å². The second-order valence-corrected chi connectivity index (χ2v) is 5.71. The molecule has 0 atom stereocenters. The number of nitrogens with two attached hydrogens (primary N) is 1. The predicted octanol–water partition coefficient (Wildman–Crippen LogP) is 3.21. The average molecular weight is 230 g/mol. The van der Waals surface area contributed by atoms with E-state index in [1.54, 1.807) is 0 Å². The van der Waals surface area contributed by atoms with Crippen LogP contribution in [0.25, 0.3) is 0 Å². The second kappa shape index (κ2) is 4.25. The monoisotopic (exact) mass is 230 g/mol. The van der Waals surface area contributed by atoms with Gasteiger partial charge in [0, 0.05) is 12.6 Å². The Labute approximate surface area is 104 Å². The maximum absolute atomic E-state index is 6.15. The zero-order valence-electron chi connectivity index (χ0n) is 10.7. The van der Waals surface area contributed by atoms with Gasteiger partial charge in [-0.25, -0.2) is 0 Å². The first-order valence-corrected chi connectivity index (χ1v) is 6.89. The largest absolute Gasteiger partial charge is 0.397 e. The van der Waals surface area contributed by atoms with Crippen molar-refractivity contribution in [3.05, 3.63) is 23.8 Å². The second-order valence-electron chi connectivity index (χ2n) is 5.71. The summed E-state index contributed by atoms with van der Waals surface area (Å²) in [7, 11) is 0. The van der Waals surface area contributed by atoms with Crippen LogP contribution in [0.1, 0.15) is 38.2 Å². The molecule has 1 aromatic rings. The van der Waals surface area contributed by atoms with Gasteiger partial charge in [-0.15, -0.1) is 0 Å². The summed E-state index contributed by atoms with van der Waals surface area (Å²) in [6.45, 7) is 3.55. The number of hydrogen-bond acceptors (Lipinski definition) is 2. The number of anilines is 2. The highest BCUT2D eigenvalue weighted by molar-refractivity contribution is 5.74.